The molecular weight excluding hydrogens is 282 g/mol. The molecule has 0 aliphatic heterocycles. The summed E-state index contributed by atoms with van der Waals surface area (Å²) < 4.78 is 15.6. The van der Waals surface area contributed by atoms with E-state index < -0.39 is 0 Å². The fraction of sp³-hybridized carbons (Fsp3) is 0.235. The Balaban J connectivity index is 2.24. The molecule has 0 atom stereocenters. The van der Waals surface area contributed by atoms with Crippen molar-refractivity contribution in [3.63, 3.8) is 0 Å². The van der Waals surface area contributed by atoms with Gasteiger partial charge in [0.05, 0.1) is 27.0 Å². The molecular formula is C17H19NO4. The molecule has 0 heterocycles. The van der Waals surface area contributed by atoms with Crippen LogP contribution in [0.15, 0.2) is 47.6 Å². The maximum atomic E-state index is 9.32. The van der Waals surface area contributed by atoms with Crippen LogP contribution < -0.4 is 14.2 Å². The molecule has 5 heteroatoms. The van der Waals surface area contributed by atoms with Crippen LogP contribution in [-0.2, 0) is 6.42 Å². The maximum Gasteiger partial charge on any atom is 0.161 e. The molecule has 0 spiro atoms. The van der Waals surface area contributed by atoms with Gasteiger partial charge >= 0.3 is 0 Å². The molecule has 0 radical (unpaired) electrons. The van der Waals surface area contributed by atoms with E-state index in [9.17, 15) is 5.21 Å². The highest BCUT2D eigenvalue weighted by atomic mass is 16.5. The first-order valence-corrected chi connectivity index (χ1v) is 6.78. The molecule has 2 aromatic carbocycles. The first-order valence-electron chi connectivity index (χ1n) is 6.78. The molecule has 0 amide bonds. The number of nitrogens with zero attached hydrogens (tertiary/aromatic N) is 1. The minimum Gasteiger partial charge on any atom is -0.497 e. The van der Waals surface area contributed by atoms with Gasteiger partial charge in [-0.2, -0.15) is 0 Å². The lowest BCUT2D eigenvalue weighted by Crippen LogP contribution is -2.06. The number of hydrogen-bond acceptors (Lipinski definition) is 5. The molecule has 0 aromatic heterocycles. The third-order valence-electron chi connectivity index (χ3n) is 3.37. The first kappa shape index (κ1) is 15.7. The summed E-state index contributed by atoms with van der Waals surface area (Å²) in [5, 5.41) is 12.7. The van der Waals surface area contributed by atoms with E-state index in [0.29, 0.717) is 23.6 Å². The number of oxime groups is 1. The molecule has 2 rings (SSSR count). The molecule has 116 valence electrons. The Bertz CT molecular complexity index is 650. The second-order valence-electron chi connectivity index (χ2n) is 4.64. The van der Waals surface area contributed by atoms with Gasteiger partial charge in [-0.15, -0.1) is 0 Å². The van der Waals surface area contributed by atoms with E-state index in [1.807, 2.05) is 30.3 Å². The van der Waals surface area contributed by atoms with E-state index in [2.05, 4.69) is 5.16 Å². The average molecular weight is 301 g/mol. The lowest BCUT2D eigenvalue weighted by molar-refractivity contribution is 0.318. The van der Waals surface area contributed by atoms with E-state index in [1.54, 1.807) is 33.5 Å². The largest absolute Gasteiger partial charge is 0.497 e. The van der Waals surface area contributed by atoms with Gasteiger partial charge in [-0.3, -0.25) is 0 Å². The number of rotatable bonds is 6. The zero-order valence-electron chi connectivity index (χ0n) is 12.9. The second-order valence-corrected chi connectivity index (χ2v) is 4.64. The summed E-state index contributed by atoms with van der Waals surface area (Å²) in [5.74, 6) is 2.02. The van der Waals surface area contributed by atoms with E-state index >= 15 is 0 Å². The lowest BCUT2D eigenvalue weighted by atomic mass is 10.0. The number of hydrogen-bond donors (Lipinski definition) is 1. The van der Waals surface area contributed by atoms with Crippen molar-refractivity contribution in [2.24, 2.45) is 5.16 Å². The van der Waals surface area contributed by atoms with E-state index in [4.69, 9.17) is 14.2 Å². The highest BCUT2D eigenvalue weighted by Crippen LogP contribution is 2.28. The number of ether oxygens (including phenoxy) is 3. The van der Waals surface area contributed by atoms with Gasteiger partial charge in [0.1, 0.15) is 5.75 Å². The predicted molar refractivity (Wildman–Crippen MR) is 84.6 cm³/mol. The molecule has 22 heavy (non-hydrogen) atoms. The van der Waals surface area contributed by atoms with Gasteiger partial charge in [0, 0.05) is 12.0 Å². The Morgan fingerprint density at radius 3 is 2.14 bits per heavy atom. The van der Waals surface area contributed by atoms with E-state index in [-0.39, 0.29) is 0 Å². The van der Waals surface area contributed by atoms with Crippen LogP contribution in [0, 0.1) is 0 Å². The summed E-state index contributed by atoms with van der Waals surface area (Å²) in [6, 6.07) is 13.0. The van der Waals surface area contributed by atoms with Crippen molar-refractivity contribution in [1.82, 2.24) is 0 Å². The van der Waals surface area contributed by atoms with Gasteiger partial charge in [-0.25, -0.2) is 0 Å². The zero-order chi connectivity index (χ0) is 15.9. The zero-order valence-corrected chi connectivity index (χ0v) is 12.9. The van der Waals surface area contributed by atoms with Crippen molar-refractivity contribution in [1.29, 1.82) is 0 Å². The van der Waals surface area contributed by atoms with Gasteiger partial charge < -0.3 is 19.4 Å². The van der Waals surface area contributed by atoms with Crippen molar-refractivity contribution in [3.8, 4) is 17.2 Å². The topological polar surface area (TPSA) is 60.3 Å². The van der Waals surface area contributed by atoms with E-state index in [0.717, 1.165) is 16.9 Å². The first-order chi connectivity index (χ1) is 10.7. The van der Waals surface area contributed by atoms with Crippen LogP contribution >= 0.6 is 0 Å². The third kappa shape index (κ3) is 3.49. The van der Waals surface area contributed by atoms with Crippen molar-refractivity contribution >= 4 is 5.71 Å². The van der Waals surface area contributed by atoms with Crippen LogP contribution in [0.1, 0.15) is 11.1 Å². The Morgan fingerprint density at radius 1 is 0.909 bits per heavy atom. The Labute approximate surface area is 129 Å². The summed E-state index contributed by atoms with van der Waals surface area (Å²) in [6.07, 6.45) is 0.496. The molecule has 0 fully saturated rings. The van der Waals surface area contributed by atoms with Crippen LogP contribution in [0.25, 0.3) is 0 Å². The molecule has 5 nitrogen and oxygen atoms in total. The normalized spacial score (nSPS) is 11.1. The second kappa shape index (κ2) is 7.36. The minimum absolute atomic E-state index is 0.496. The number of benzene rings is 2. The highest BCUT2D eigenvalue weighted by molar-refractivity contribution is 6.02. The quantitative estimate of drug-likeness (QED) is 0.506. The maximum absolute atomic E-state index is 9.32. The molecule has 2 aromatic rings. The molecule has 0 unspecified atom stereocenters. The summed E-state index contributed by atoms with van der Waals surface area (Å²) in [5.41, 5.74) is 2.34. The Morgan fingerprint density at radius 2 is 1.59 bits per heavy atom. The lowest BCUT2D eigenvalue weighted by Gasteiger charge is -2.11. The number of methoxy groups -OCH3 is 3. The van der Waals surface area contributed by atoms with Crippen molar-refractivity contribution in [2.75, 3.05) is 21.3 Å². The predicted octanol–water partition coefficient (Wildman–Crippen LogP) is 3.13. The Kier molecular flexibility index (Phi) is 5.25. The van der Waals surface area contributed by atoms with Crippen molar-refractivity contribution in [3.05, 3.63) is 53.6 Å². The smallest absolute Gasteiger partial charge is 0.161 e. The van der Waals surface area contributed by atoms with Crippen molar-refractivity contribution in [2.45, 2.75) is 6.42 Å². The van der Waals surface area contributed by atoms with Gasteiger partial charge in [-0.05, 0) is 35.9 Å². The van der Waals surface area contributed by atoms with Crippen LogP contribution in [0.3, 0.4) is 0 Å². The molecule has 0 aliphatic rings. The Hall–Kier alpha value is -2.69. The minimum atomic E-state index is 0.496. The summed E-state index contributed by atoms with van der Waals surface area (Å²) in [7, 11) is 4.77. The van der Waals surface area contributed by atoms with Crippen LogP contribution in [0.2, 0.25) is 0 Å². The molecule has 0 saturated carbocycles. The molecule has 0 aliphatic carbocycles. The molecule has 0 saturated heterocycles. The third-order valence-corrected chi connectivity index (χ3v) is 3.37. The fourth-order valence-corrected chi connectivity index (χ4v) is 2.15. The van der Waals surface area contributed by atoms with Crippen LogP contribution in [0.4, 0.5) is 0 Å². The summed E-state index contributed by atoms with van der Waals surface area (Å²) in [6.45, 7) is 0. The summed E-state index contributed by atoms with van der Waals surface area (Å²) in [4.78, 5) is 0. The average Bonchev–Trinajstić information content (AvgIpc) is 2.59. The van der Waals surface area contributed by atoms with E-state index in [1.165, 1.54) is 0 Å². The van der Waals surface area contributed by atoms with Gasteiger partial charge in [0.25, 0.3) is 0 Å². The molecule has 0 bridgehead atoms. The van der Waals surface area contributed by atoms with Crippen LogP contribution in [0.5, 0.6) is 17.2 Å². The summed E-state index contributed by atoms with van der Waals surface area (Å²) >= 11 is 0. The molecule has 1 N–H and O–H groups in total. The van der Waals surface area contributed by atoms with Gasteiger partial charge in [-0.1, -0.05) is 17.3 Å². The monoisotopic (exact) mass is 301 g/mol. The van der Waals surface area contributed by atoms with Gasteiger partial charge in [0.15, 0.2) is 11.5 Å². The van der Waals surface area contributed by atoms with Crippen LogP contribution in [-0.4, -0.2) is 32.2 Å². The van der Waals surface area contributed by atoms with Crippen molar-refractivity contribution < 1.29 is 19.4 Å². The fourth-order valence-electron chi connectivity index (χ4n) is 2.15. The standard InChI is InChI=1S/C17H19NO4/c1-20-14-7-4-12(5-8-14)10-15(18-19)13-6-9-16(21-2)17(11-13)22-3/h4-9,11,19H,10H2,1-3H3/b18-15-. The SMILES string of the molecule is COc1ccc(C/C(=N/O)c2ccc(OC)c(OC)c2)cc1. The highest BCUT2D eigenvalue weighted by Gasteiger charge is 2.11. The van der Waals surface area contributed by atoms with Gasteiger partial charge in [0.2, 0.25) is 0 Å².